The minimum atomic E-state index is -2.77. The Morgan fingerprint density at radius 2 is 1.93 bits per heavy atom. The number of hydrogen-bond donors (Lipinski definition) is 1. The second-order valence-electron chi connectivity index (χ2n) is 3.19. The van der Waals surface area contributed by atoms with E-state index in [4.69, 9.17) is 4.74 Å². The Bertz CT molecular complexity index is 214. The van der Waals surface area contributed by atoms with E-state index in [1.165, 1.54) is 0 Å². The minimum absolute atomic E-state index is 0.254. The van der Waals surface area contributed by atoms with E-state index in [0.29, 0.717) is 12.4 Å². The number of rotatable bonds is 9. The van der Waals surface area contributed by atoms with Crippen LogP contribution in [0.5, 0.6) is 0 Å². The maximum atomic E-state index is 11.1. The van der Waals surface area contributed by atoms with Gasteiger partial charge in [0.1, 0.15) is 9.84 Å². The van der Waals surface area contributed by atoms with E-state index in [-0.39, 0.29) is 5.75 Å². The van der Waals surface area contributed by atoms with Gasteiger partial charge in [-0.1, -0.05) is 6.92 Å². The summed E-state index contributed by atoms with van der Waals surface area (Å²) in [4.78, 5) is 0. The zero-order valence-corrected chi connectivity index (χ0v) is 9.90. The van der Waals surface area contributed by atoms with Crippen molar-refractivity contribution in [2.24, 2.45) is 0 Å². The van der Waals surface area contributed by atoms with Gasteiger partial charge in [0.15, 0.2) is 0 Å². The van der Waals surface area contributed by atoms with Crippen LogP contribution in [0.15, 0.2) is 0 Å². The maximum absolute atomic E-state index is 11.1. The Hall–Kier alpha value is -0.130. The van der Waals surface area contributed by atoms with Gasteiger partial charge in [0, 0.05) is 19.4 Å². The average molecular weight is 223 g/mol. The normalized spacial score (nSPS) is 11.9. The molecular formula is C9H21NO3S. The molecule has 0 amide bonds. The van der Waals surface area contributed by atoms with Crippen LogP contribution >= 0.6 is 0 Å². The molecule has 0 aromatic rings. The van der Waals surface area contributed by atoms with Gasteiger partial charge in [-0.15, -0.1) is 0 Å². The van der Waals surface area contributed by atoms with Crippen molar-refractivity contribution in [2.45, 2.75) is 19.8 Å². The van der Waals surface area contributed by atoms with E-state index in [1.54, 1.807) is 14.0 Å². The van der Waals surface area contributed by atoms with E-state index in [1.807, 2.05) is 0 Å². The van der Waals surface area contributed by atoms with E-state index >= 15 is 0 Å². The summed E-state index contributed by atoms with van der Waals surface area (Å²) < 4.78 is 27.0. The average Bonchev–Trinajstić information content (AvgIpc) is 2.16. The Morgan fingerprint density at radius 1 is 1.21 bits per heavy atom. The summed E-state index contributed by atoms with van der Waals surface area (Å²) in [5, 5.41) is 3.17. The van der Waals surface area contributed by atoms with Crippen molar-refractivity contribution in [1.29, 1.82) is 0 Å². The largest absolute Gasteiger partial charge is 0.383 e. The number of sulfone groups is 1. The van der Waals surface area contributed by atoms with Crippen LogP contribution in [0.4, 0.5) is 0 Å². The second-order valence-corrected chi connectivity index (χ2v) is 5.66. The molecule has 0 aliphatic carbocycles. The Morgan fingerprint density at radius 3 is 2.50 bits per heavy atom. The highest BCUT2D eigenvalue weighted by Crippen LogP contribution is 1.96. The quantitative estimate of drug-likeness (QED) is 0.576. The predicted molar refractivity (Wildman–Crippen MR) is 58.3 cm³/mol. The molecule has 0 unspecified atom stereocenters. The van der Waals surface area contributed by atoms with Crippen molar-refractivity contribution in [3.63, 3.8) is 0 Å². The van der Waals surface area contributed by atoms with Gasteiger partial charge in [-0.3, -0.25) is 0 Å². The van der Waals surface area contributed by atoms with Crippen molar-refractivity contribution >= 4 is 9.84 Å². The van der Waals surface area contributed by atoms with Crippen LogP contribution in [0.2, 0.25) is 0 Å². The lowest BCUT2D eigenvalue weighted by Crippen LogP contribution is -2.21. The first-order valence-corrected chi connectivity index (χ1v) is 6.84. The molecule has 0 rings (SSSR count). The number of unbranched alkanes of at least 4 members (excludes halogenated alkanes) is 1. The molecule has 0 atom stereocenters. The van der Waals surface area contributed by atoms with E-state index in [0.717, 1.165) is 25.9 Å². The van der Waals surface area contributed by atoms with Crippen molar-refractivity contribution in [2.75, 3.05) is 38.3 Å². The maximum Gasteiger partial charge on any atom is 0.150 e. The lowest BCUT2D eigenvalue weighted by atomic mass is 10.3. The highest BCUT2D eigenvalue weighted by atomic mass is 32.2. The number of hydrogen-bond acceptors (Lipinski definition) is 4. The van der Waals surface area contributed by atoms with Crippen molar-refractivity contribution in [3.8, 4) is 0 Å². The third-order valence-electron chi connectivity index (χ3n) is 1.98. The lowest BCUT2D eigenvalue weighted by molar-refractivity contribution is 0.199. The molecular weight excluding hydrogens is 202 g/mol. The summed E-state index contributed by atoms with van der Waals surface area (Å²) >= 11 is 0. The van der Waals surface area contributed by atoms with Crippen LogP contribution in [0, 0.1) is 0 Å². The standard InChI is InChI=1S/C9H21NO3S/c1-3-14(11,12)9-5-4-6-10-7-8-13-2/h10H,3-9H2,1-2H3. The summed E-state index contributed by atoms with van der Waals surface area (Å²) in [6, 6.07) is 0. The number of nitrogens with one attached hydrogen (secondary N) is 1. The van der Waals surface area contributed by atoms with Crippen LogP contribution in [-0.2, 0) is 14.6 Å². The number of methoxy groups -OCH3 is 1. The van der Waals surface area contributed by atoms with Crippen molar-refractivity contribution in [1.82, 2.24) is 5.32 Å². The molecule has 0 spiro atoms. The molecule has 4 nitrogen and oxygen atoms in total. The van der Waals surface area contributed by atoms with E-state index in [2.05, 4.69) is 5.32 Å². The van der Waals surface area contributed by atoms with Crippen molar-refractivity contribution < 1.29 is 13.2 Å². The first-order valence-electron chi connectivity index (χ1n) is 5.02. The molecule has 86 valence electrons. The first kappa shape index (κ1) is 13.9. The van der Waals surface area contributed by atoms with Gasteiger partial charge in [0.05, 0.1) is 12.4 Å². The van der Waals surface area contributed by atoms with Gasteiger partial charge < -0.3 is 10.1 Å². The van der Waals surface area contributed by atoms with Gasteiger partial charge in [-0.05, 0) is 19.4 Å². The molecule has 0 aromatic heterocycles. The summed E-state index contributed by atoms with van der Waals surface area (Å²) in [6.07, 6.45) is 1.65. The van der Waals surface area contributed by atoms with Gasteiger partial charge in [-0.25, -0.2) is 8.42 Å². The fraction of sp³-hybridized carbons (Fsp3) is 1.00. The molecule has 14 heavy (non-hydrogen) atoms. The second kappa shape index (κ2) is 8.20. The fourth-order valence-electron chi connectivity index (χ4n) is 1.02. The zero-order chi connectivity index (χ0) is 10.9. The third-order valence-corrected chi connectivity index (χ3v) is 3.77. The topological polar surface area (TPSA) is 55.4 Å². The molecule has 0 aliphatic rings. The molecule has 0 radical (unpaired) electrons. The zero-order valence-electron chi connectivity index (χ0n) is 9.08. The molecule has 1 N–H and O–H groups in total. The van der Waals surface area contributed by atoms with Gasteiger partial charge in [0.25, 0.3) is 0 Å². The van der Waals surface area contributed by atoms with Crippen LogP contribution in [-0.4, -0.2) is 46.7 Å². The summed E-state index contributed by atoms with van der Waals surface area (Å²) in [5.41, 5.74) is 0. The molecule has 0 bridgehead atoms. The molecule has 0 heterocycles. The summed E-state index contributed by atoms with van der Waals surface area (Å²) in [6.45, 7) is 4.08. The SMILES string of the molecule is CCS(=O)(=O)CCCCNCCOC. The van der Waals surface area contributed by atoms with Crippen LogP contribution < -0.4 is 5.32 Å². The van der Waals surface area contributed by atoms with E-state index in [9.17, 15) is 8.42 Å². The van der Waals surface area contributed by atoms with Crippen LogP contribution in [0.3, 0.4) is 0 Å². The molecule has 0 fully saturated rings. The van der Waals surface area contributed by atoms with Gasteiger partial charge in [-0.2, -0.15) is 0 Å². The Kier molecular flexibility index (Phi) is 8.12. The highest BCUT2D eigenvalue weighted by Gasteiger charge is 2.05. The summed E-state index contributed by atoms with van der Waals surface area (Å²) in [7, 11) is -1.11. The molecule has 5 heteroatoms. The minimum Gasteiger partial charge on any atom is -0.383 e. The Balaban J connectivity index is 3.22. The van der Waals surface area contributed by atoms with Crippen LogP contribution in [0.25, 0.3) is 0 Å². The predicted octanol–water partition coefficient (Wildman–Crippen LogP) is 0.437. The highest BCUT2D eigenvalue weighted by molar-refractivity contribution is 7.91. The molecule has 0 aromatic carbocycles. The third kappa shape index (κ3) is 8.47. The molecule has 0 saturated carbocycles. The van der Waals surface area contributed by atoms with Crippen LogP contribution in [0.1, 0.15) is 19.8 Å². The Labute approximate surface area is 86.9 Å². The first-order chi connectivity index (χ1) is 6.62. The number of ether oxygens (including phenoxy) is 1. The lowest BCUT2D eigenvalue weighted by Gasteiger charge is -2.03. The molecule has 0 aliphatic heterocycles. The van der Waals surface area contributed by atoms with Crippen molar-refractivity contribution in [3.05, 3.63) is 0 Å². The molecule has 0 saturated heterocycles. The van der Waals surface area contributed by atoms with E-state index < -0.39 is 9.84 Å². The monoisotopic (exact) mass is 223 g/mol. The van der Waals surface area contributed by atoms with Gasteiger partial charge >= 0.3 is 0 Å². The summed E-state index contributed by atoms with van der Waals surface area (Å²) in [5.74, 6) is 0.569. The van der Waals surface area contributed by atoms with Gasteiger partial charge in [0.2, 0.25) is 0 Å². The smallest absolute Gasteiger partial charge is 0.150 e. The fourth-order valence-corrected chi connectivity index (χ4v) is 1.95.